The molecule has 122 valence electrons. The van der Waals surface area contributed by atoms with E-state index in [1.165, 1.54) is 6.26 Å². The topological polar surface area (TPSA) is 52.6 Å². The molecule has 1 aliphatic rings. The second-order valence-electron chi connectivity index (χ2n) is 7.06. The van der Waals surface area contributed by atoms with E-state index in [1.54, 1.807) is 0 Å². The van der Waals surface area contributed by atoms with Gasteiger partial charge in [-0.05, 0) is 51.6 Å². The molecule has 1 aromatic carbocycles. The van der Waals surface area contributed by atoms with Crippen LogP contribution in [0.4, 0.5) is 0 Å². The van der Waals surface area contributed by atoms with E-state index in [9.17, 15) is 8.42 Å². The second kappa shape index (κ2) is 5.98. The maximum atomic E-state index is 11.1. The van der Waals surface area contributed by atoms with Crippen LogP contribution in [0.5, 0.6) is 0 Å². The summed E-state index contributed by atoms with van der Waals surface area (Å²) in [5.74, 6) is 0.228. The molecular weight excluding hydrogens is 299 g/mol. The molecule has 0 aliphatic carbocycles. The summed E-state index contributed by atoms with van der Waals surface area (Å²) in [6, 6.07) is 8.03. The predicted octanol–water partition coefficient (Wildman–Crippen LogP) is 1.96. The van der Waals surface area contributed by atoms with Crippen LogP contribution >= 0.6 is 0 Å². The average Bonchev–Trinajstić information content (AvgIpc) is 2.58. The van der Waals surface area contributed by atoms with Crippen LogP contribution in [0, 0.1) is 0 Å². The Morgan fingerprint density at radius 2 is 1.50 bits per heavy atom. The molecule has 0 aromatic heterocycles. The lowest BCUT2D eigenvalue weighted by molar-refractivity contribution is 0.00578. The quantitative estimate of drug-likeness (QED) is 0.777. The SMILES string of the molecule is CC1(C)OB(c2ccc(CCCS(C)(=O)=O)cc2)OC1(C)C. The summed E-state index contributed by atoms with van der Waals surface area (Å²) in [6.07, 6.45) is 2.68. The van der Waals surface area contributed by atoms with Gasteiger partial charge >= 0.3 is 7.12 Å². The summed E-state index contributed by atoms with van der Waals surface area (Å²) in [7, 11) is -3.23. The maximum Gasteiger partial charge on any atom is 0.494 e. The van der Waals surface area contributed by atoms with Gasteiger partial charge in [-0.15, -0.1) is 0 Å². The van der Waals surface area contributed by atoms with Crippen molar-refractivity contribution in [3.63, 3.8) is 0 Å². The number of aryl methyl sites for hydroxylation is 1. The molecule has 4 nitrogen and oxygen atoms in total. The first-order valence-electron chi connectivity index (χ1n) is 7.62. The Bertz CT molecular complexity index is 604. The van der Waals surface area contributed by atoms with E-state index in [4.69, 9.17) is 9.31 Å². The first-order valence-corrected chi connectivity index (χ1v) is 9.68. The van der Waals surface area contributed by atoms with Crippen molar-refractivity contribution in [1.82, 2.24) is 0 Å². The minimum atomic E-state index is -2.88. The third-order valence-corrected chi connectivity index (χ3v) is 5.52. The highest BCUT2D eigenvalue weighted by Gasteiger charge is 2.51. The van der Waals surface area contributed by atoms with Crippen molar-refractivity contribution in [2.24, 2.45) is 0 Å². The number of hydrogen-bond donors (Lipinski definition) is 0. The van der Waals surface area contributed by atoms with Crippen molar-refractivity contribution in [2.75, 3.05) is 12.0 Å². The largest absolute Gasteiger partial charge is 0.494 e. The van der Waals surface area contributed by atoms with Crippen LogP contribution in [0.15, 0.2) is 24.3 Å². The van der Waals surface area contributed by atoms with Crippen molar-refractivity contribution >= 4 is 22.4 Å². The summed E-state index contributed by atoms with van der Waals surface area (Å²) in [5.41, 5.74) is 1.44. The van der Waals surface area contributed by atoms with E-state index in [0.29, 0.717) is 6.42 Å². The Kier molecular flexibility index (Phi) is 4.76. The molecule has 22 heavy (non-hydrogen) atoms. The van der Waals surface area contributed by atoms with E-state index in [1.807, 2.05) is 52.0 Å². The van der Waals surface area contributed by atoms with Gasteiger partial charge in [0.15, 0.2) is 0 Å². The van der Waals surface area contributed by atoms with Crippen LogP contribution in [0.3, 0.4) is 0 Å². The summed E-state index contributed by atoms with van der Waals surface area (Å²) in [5, 5.41) is 0. The molecule has 0 unspecified atom stereocenters. The molecule has 0 spiro atoms. The van der Waals surface area contributed by atoms with Crippen molar-refractivity contribution in [1.29, 1.82) is 0 Å². The predicted molar refractivity (Wildman–Crippen MR) is 90.2 cm³/mol. The molecule has 1 aromatic rings. The molecule has 0 atom stereocenters. The summed E-state index contributed by atoms with van der Waals surface area (Å²) in [6.45, 7) is 8.14. The molecular formula is C16H25BO4S. The molecule has 1 saturated heterocycles. The van der Waals surface area contributed by atoms with Gasteiger partial charge in [-0.1, -0.05) is 24.3 Å². The van der Waals surface area contributed by atoms with Gasteiger partial charge in [0.1, 0.15) is 9.84 Å². The molecule has 1 fully saturated rings. The molecule has 0 bridgehead atoms. The molecule has 0 radical (unpaired) electrons. The Morgan fingerprint density at radius 3 is 1.95 bits per heavy atom. The van der Waals surface area contributed by atoms with E-state index >= 15 is 0 Å². The van der Waals surface area contributed by atoms with Crippen molar-refractivity contribution in [3.8, 4) is 0 Å². The molecule has 2 rings (SSSR count). The molecule has 6 heteroatoms. The van der Waals surface area contributed by atoms with Gasteiger partial charge in [0, 0.05) is 6.26 Å². The fraction of sp³-hybridized carbons (Fsp3) is 0.625. The highest BCUT2D eigenvalue weighted by molar-refractivity contribution is 7.90. The first kappa shape index (κ1) is 17.5. The van der Waals surface area contributed by atoms with E-state index in [-0.39, 0.29) is 24.1 Å². The van der Waals surface area contributed by atoms with E-state index in [0.717, 1.165) is 17.4 Å². The van der Waals surface area contributed by atoms with Gasteiger partial charge in [-0.3, -0.25) is 0 Å². The molecule has 0 amide bonds. The van der Waals surface area contributed by atoms with Crippen LogP contribution < -0.4 is 5.46 Å². The first-order chi connectivity index (χ1) is 10.0. The lowest BCUT2D eigenvalue weighted by atomic mass is 9.79. The Balaban J connectivity index is 1.98. The fourth-order valence-electron chi connectivity index (χ4n) is 2.36. The fourth-order valence-corrected chi connectivity index (χ4v) is 3.03. The third kappa shape index (κ3) is 4.12. The van der Waals surface area contributed by atoms with Crippen LogP contribution in [0.1, 0.15) is 39.7 Å². The van der Waals surface area contributed by atoms with Crippen molar-refractivity contribution in [2.45, 2.75) is 51.7 Å². The lowest BCUT2D eigenvalue weighted by Crippen LogP contribution is -2.41. The van der Waals surface area contributed by atoms with Gasteiger partial charge < -0.3 is 9.31 Å². The smallest absolute Gasteiger partial charge is 0.399 e. The molecule has 0 saturated carbocycles. The van der Waals surface area contributed by atoms with Gasteiger partial charge in [-0.25, -0.2) is 8.42 Å². The molecule has 0 N–H and O–H groups in total. The summed E-state index contributed by atoms with van der Waals surface area (Å²) >= 11 is 0. The van der Waals surface area contributed by atoms with Gasteiger partial charge in [0.2, 0.25) is 0 Å². The van der Waals surface area contributed by atoms with Crippen LogP contribution in [0.2, 0.25) is 0 Å². The highest BCUT2D eigenvalue weighted by Crippen LogP contribution is 2.36. The van der Waals surface area contributed by atoms with Gasteiger partial charge in [0.25, 0.3) is 0 Å². The number of rotatable bonds is 5. The minimum Gasteiger partial charge on any atom is -0.399 e. The lowest BCUT2D eigenvalue weighted by Gasteiger charge is -2.32. The van der Waals surface area contributed by atoms with Crippen LogP contribution in [-0.2, 0) is 25.6 Å². The minimum absolute atomic E-state index is 0.228. The number of benzene rings is 1. The molecule has 1 aliphatic heterocycles. The Labute approximate surface area is 134 Å². The average molecular weight is 324 g/mol. The maximum absolute atomic E-state index is 11.1. The number of sulfone groups is 1. The van der Waals surface area contributed by atoms with Gasteiger partial charge in [0.05, 0.1) is 17.0 Å². The van der Waals surface area contributed by atoms with Crippen molar-refractivity contribution in [3.05, 3.63) is 29.8 Å². The normalized spacial score (nSPS) is 20.3. The monoisotopic (exact) mass is 324 g/mol. The van der Waals surface area contributed by atoms with Crippen LogP contribution in [-0.4, -0.2) is 38.7 Å². The second-order valence-corrected chi connectivity index (χ2v) is 9.32. The summed E-state index contributed by atoms with van der Waals surface area (Å²) in [4.78, 5) is 0. The van der Waals surface area contributed by atoms with Crippen LogP contribution in [0.25, 0.3) is 0 Å². The summed E-state index contributed by atoms with van der Waals surface area (Å²) < 4.78 is 34.3. The standard InChI is InChI=1S/C16H25BO4S/c1-15(2)16(3,4)21-17(20-15)14-10-8-13(9-11-14)7-6-12-22(5,18)19/h8-11H,6-7,12H2,1-5H3. The molecule has 1 heterocycles. The zero-order valence-electron chi connectivity index (χ0n) is 14.0. The highest BCUT2D eigenvalue weighted by atomic mass is 32.2. The van der Waals surface area contributed by atoms with Gasteiger partial charge in [-0.2, -0.15) is 0 Å². The third-order valence-electron chi connectivity index (χ3n) is 4.49. The van der Waals surface area contributed by atoms with E-state index < -0.39 is 9.84 Å². The zero-order chi connectivity index (χ0) is 16.6. The zero-order valence-corrected chi connectivity index (χ0v) is 14.9. The Hall–Kier alpha value is -0.845. The number of hydrogen-bond acceptors (Lipinski definition) is 4. The van der Waals surface area contributed by atoms with Crippen molar-refractivity contribution < 1.29 is 17.7 Å². The van der Waals surface area contributed by atoms with E-state index in [2.05, 4.69) is 0 Å². The Morgan fingerprint density at radius 1 is 1.00 bits per heavy atom.